The van der Waals surface area contributed by atoms with Gasteiger partial charge in [0.05, 0.1) is 16.6 Å². The van der Waals surface area contributed by atoms with Gasteiger partial charge in [-0.3, -0.25) is 0 Å². The highest BCUT2D eigenvalue weighted by atomic mass is 79.9. The maximum atomic E-state index is 14.1. The van der Waals surface area contributed by atoms with Crippen molar-refractivity contribution in [3.05, 3.63) is 60.2 Å². The van der Waals surface area contributed by atoms with Gasteiger partial charge in [-0.2, -0.15) is 0 Å². The lowest BCUT2D eigenvalue weighted by Gasteiger charge is -2.21. The first kappa shape index (κ1) is 19.1. The number of rotatable bonds is 7. The van der Waals surface area contributed by atoms with Crippen LogP contribution in [-0.4, -0.2) is 36.4 Å². The number of carbonyl (C=O) groups excluding carboxylic acids is 1. The summed E-state index contributed by atoms with van der Waals surface area (Å²) in [6.45, 7) is 1.70. The Balaban J connectivity index is 2.10. The summed E-state index contributed by atoms with van der Waals surface area (Å²) in [6.07, 6.45) is -1.63. The average Bonchev–Trinajstić information content (AvgIpc) is 2.64. The topological polar surface area (TPSA) is 47.9 Å². The van der Waals surface area contributed by atoms with E-state index in [0.29, 0.717) is 5.56 Å². The largest absolute Gasteiger partial charge is 0.454 e. The van der Waals surface area contributed by atoms with Gasteiger partial charge in [-0.05, 0) is 30.2 Å². The Hall–Kier alpha value is -2.21. The number of alkyl halides is 2. The first-order valence-corrected chi connectivity index (χ1v) is 8.65. The molecule has 3 atom stereocenters. The first-order valence-electron chi connectivity index (χ1n) is 7.74. The van der Waals surface area contributed by atoms with E-state index < -0.39 is 23.1 Å². The number of ether oxygens (including phenoxy) is 1. The molecule has 0 fully saturated rings. The maximum absolute atomic E-state index is 14.1. The van der Waals surface area contributed by atoms with Crippen LogP contribution in [0.25, 0.3) is 11.1 Å². The predicted octanol–water partition coefficient (Wildman–Crippen LogP) is 4.63. The molecule has 0 saturated carbocycles. The van der Waals surface area contributed by atoms with Gasteiger partial charge in [-0.1, -0.05) is 63.6 Å². The van der Waals surface area contributed by atoms with Crippen LogP contribution in [0.3, 0.4) is 0 Å². The van der Waals surface area contributed by atoms with Crippen molar-refractivity contribution < 1.29 is 18.8 Å². The van der Waals surface area contributed by atoms with Crippen LogP contribution >= 0.6 is 15.9 Å². The molecule has 0 aliphatic rings. The third-order valence-electron chi connectivity index (χ3n) is 3.55. The van der Waals surface area contributed by atoms with Crippen LogP contribution in [0.5, 0.6) is 0 Å². The van der Waals surface area contributed by atoms with Gasteiger partial charge in [-0.15, -0.1) is 0 Å². The van der Waals surface area contributed by atoms with Crippen LogP contribution in [-0.2, 0) is 9.57 Å². The van der Waals surface area contributed by atoms with E-state index in [1.54, 1.807) is 19.1 Å². The van der Waals surface area contributed by atoms with Gasteiger partial charge in [-0.25, -0.2) is 9.18 Å². The molecule has 0 heterocycles. The van der Waals surface area contributed by atoms with E-state index in [2.05, 4.69) is 25.9 Å². The molecule has 0 unspecified atom stereocenters. The number of benzene rings is 2. The molecule has 0 bridgehead atoms. The van der Waals surface area contributed by atoms with E-state index in [1.807, 2.05) is 42.5 Å². The number of nitrogens with zero attached hydrogens (tertiary/aromatic N) is 1. The Morgan fingerprint density at radius 2 is 1.72 bits per heavy atom. The zero-order valence-corrected chi connectivity index (χ0v) is 15.5. The van der Waals surface area contributed by atoms with Crippen molar-refractivity contribution in [1.82, 2.24) is 0 Å². The summed E-state index contributed by atoms with van der Waals surface area (Å²) in [4.78, 5) is 16.4. The van der Waals surface area contributed by atoms with Crippen LogP contribution in [0.2, 0.25) is 0 Å². The zero-order chi connectivity index (χ0) is 18.2. The molecule has 4 nitrogen and oxygen atoms in total. The number of hydrogen-bond donors (Lipinski definition) is 0. The monoisotopic (exact) mass is 407 g/mol. The molecule has 0 aromatic heterocycles. The van der Waals surface area contributed by atoms with E-state index in [0.717, 1.165) is 17.3 Å². The summed E-state index contributed by atoms with van der Waals surface area (Å²) in [5.74, 6) is -0.593. The molecule has 132 valence electrons. The molecule has 2 rings (SSSR count). The van der Waals surface area contributed by atoms with Crippen molar-refractivity contribution >= 4 is 28.1 Å². The van der Waals surface area contributed by atoms with Crippen LogP contribution in [0.4, 0.5) is 4.39 Å². The van der Waals surface area contributed by atoms with Gasteiger partial charge >= 0.3 is 5.97 Å². The van der Waals surface area contributed by atoms with E-state index >= 15 is 0 Å². The van der Waals surface area contributed by atoms with Gasteiger partial charge in [0, 0.05) is 0 Å². The van der Waals surface area contributed by atoms with Gasteiger partial charge in [0.15, 0.2) is 12.3 Å². The van der Waals surface area contributed by atoms with Crippen molar-refractivity contribution in [2.75, 3.05) is 7.11 Å². The molecular formula is C19H19BrFNO3. The predicted molar refractivity (Wildman–Crippen MR) is 99.9 cm³/mol. The van der Waals surface area contributed by atoms with Gasteiger partial charge in [0.1, 0.15) is 7.11 Å². The van der Waals surface area contributed by atoms with Crippen molar-refractivity contribution in [2.24, 2.45) is 5.16 Å². The Labute approximate surface area is 154 Å². The van der Waals surface area contributed by atoms with Crippen LogP contribution in [0, 0.1) is 0 Å². The molecule has 0 saturated heterocycles. The summed E-state index contributed by atoms with van der Waals surface area (Å²) in [5, 5.41) is 3.39. The third kappa shape index (κ3) is 5.39. The molecule has 0 radical (unpaired) electrons. The quantitative estimate of drug-likeness (QED) is 0.291. The molecule has 2 aromatic rings. The minimum absolute atomic E-state index is 0.355. The fraction of sp³-hybridized carbons (Fsp3) is 0.263. The fourth-order valence-electron chi connectivity index (χ4n) is 2.24. The van der Waals surface area contributed by atoms with Crippen LogP contribution < -0.4 is 0 Å². The number of esters is 1. The zero-order valence-electron chi connectivity index (χ0n) is 13.9. The SMILES string of the molecule is CON=C[C@@H](F)[C@H](OC(=O)c1ccc(-c2ccccc2)cc1)[C@H](C)Br. The summed E-state index contributed by atoms with van der Waals surface area (Å²) in [6, 6.07) is 16.8. The minimum atomic E-state index is -1.58. The molecule has 0 aliphatic heterocycles. The molecule has 0 spiro atoms. The summed E-state index contributed by atoms with van der Waals surface area (Å²) < 4.78 is 19.4. The summed E-state index contributed by atoms with van der Waals surface area (Å²) in [5.41, 5.74) is 2.39. The normalized spacial score (nSPS) is 14.7. The Bertz CT molecular complexity index is 704. The lowest BCUT2D eigenvalue weighted by molar-refractivity contribution is 0.0181. The molecule has 0 aliphatic carbocycles. The van der Waals surface area contributed by atoms with E-state index in [4.69, 9.17) is 4.74 Å². The molecule has 0 amide bonds. The number of halogens is 2. The van der Waals surface area contributed by atoms with Gasteiger partial charge in [0.25, 0.3) is 0 Å². The van der Waals surface area contributed by atoms with Crippen molar-refractivity contribution in [3.63, 3.8) is 0 Å². The second-order valence-corrected chi connectivity index (χ2v) is 6.82. The maximum Gasteiger partial charge on any atom is 0.338 e. The molecule has 0 N–H and O–H groups in total. The second-order valence-electron chi connectivity index (χ2n) is 5.37. The van der Waals surface area contributed by atoms with Crippen LogP contribution in [0.1, 0.15) is 17.3 Å². The van der Waals surface area contributed by atoms with Gasteiger partial charge < -0.3 is 9.57 Å². The highest BCUT2D eigenvalue weighted by Gasteiger charge is 2.29. The summed E-state index contributed by atoms with van der Waals surface area (Å²) >= 11 is 3.26. The number of hydrogen-bond acceptors (Lipinski definition) is 4. The number of oxime groups is 1. The lowest BCUT2D eigenvalue weighted by Crippen LogP contribution is -2.35. The lowest BCUT2D eigenvalue weighted by atomic mass is 10.0. The molecule has 6 heteroatoms. The summed E-state index contributed by atoms with van der Waals surface area (Å²) in [7, 11) is 1.32. The van der Waals surface area contributed by atoms with Crippen molar-refractivity contribution in [2.45, 2.75) is 24.0 Å². The van der Waals surface area contributed by atoms with Crippen molar-refractivity contribution in [1.29, 1.82) is 0 Å². The second kappa shape index (κ2) is 9.32. The molecule has 2 aromatic carbocycles. The Morgan fingerprint density at radius 3 is 2.28 bits per heavy atom. The van der Waals surface area contributed by atoms with E-state index in [-0.39, 0.29) is 0 Å². The highest BCUT2D eigenvalue weighted by molar-refractivity contribution is 9.09. The smallest absolute Gasteiger partial charge is 0.338 e. The Kier molecular flexibility index (Phi) is 7.13. The Morgan fingerprint density at radius 1 is 1.12 bits per heavy atom. The fourth-order valence-corrected chi connectivity index (χ4v) is 2.64. The standard InChI is InChI=1S/C19H19BrFNO3/c1-13(20)18(17(21)12-22-24-2)25-19(23)16-10-8-15(9-11-16)14-6-4-3-5-7-14/h3-13,17-18H,1-2H3/t13-,17+,18+/m0/s1. The van der Waals surface area contributed by atoms with Crippen LogP contribution in [0.15, 0.2) is 59.8 Å². The first-order chi connectivity index (χ1) is 12.0. The highest BCUT2D eigenvalue weighted by Crippen LogP contribution is 2.21. The van der Waals surface area contributed by atoms with E-state index in [9.17, 15) is 9.18 Å². The average molecular weight is 408 g/mol. The third-order valence-corrected chi connectivity index (χ3v) is 4.07. The molecule has 25 heavy (non-hydrogen) atoms. The van der Waals surface area contributed by atoms with E-state index in [1.165, 1.54) is 7.11 Å². The minimum Gasteiger partial charge on any atom is -0.454 e. The number of carbonyl (C=O) groups is 1. The molecular weight excluding hydrogens is 389 g/mol. The van der Waals surface area contributed by atoms with Gasteiger partial charge in [0.2, 0.25) is 0 Å². The van der Waals surface area contributed by atoms with Crippen molar-refractivity contribution in [3.8, 4) is 11.1 Å².